The highest BCUT2D eigenvalue weighted by Crippen LogP contribution is 2.22. The predicted molar refractivity (Wildman–Crippen MR) is 79.4 cm³/mol. The van der Waals surface area contributed by atoms with E-state index < -0.39 is 0 Å². The van der Waals surface area contributed by atoms with E-state index in [2.05, 4.69) is 17.0 Å². The molecule has 19 heavy (non-hydrogen) atoms. The van der Waals surface area contributed by atoms with Crippen LogP contribution in [0, 0.1) is 0 Å². The predicted octanol–water partition coefficient (Wildman–Crippen LogP) is 2.17. The quantitative estimate of drug-likeness (QED) is 0.808. The van der Waals surface area contributed by atoms with Crippen molar-refractivity contribution >= 4 is 16.7 Å². The molecule has 102 valence electrons. The van der Waals surface area contributed by atoms with Gasteiger partial charge < -0.3 is 15.4 Å². The first-order valence-electron chi connectivity index (χ1n) is 6.64. The van der Waals surface area contributed by atoms with Crippen molar-refractivity contribution in [3.63, 3.8) is 0 Å². The molecule has 2 N–H and O–H groups in total. The van der Waals surface area contributed by atoms with Crippen molar-refractivity contribution in [3.05, 3.63) is 35.9 Å². The van der Waals surface area contributed by atoms with Gasteiger partial charge in [0.15, 0.2) is 0 Å². The van der Waals surface area contributed by atoms with Crippen LogP contribution < -0.4 is 10.6 Å². The molecule has 2 rings (SSSR count). The normalized spacial score (nSPS) is 10.9. The van der Waals surface area contributed by atoms with E-state index in [-0.39, 0.29) is 0 Å². The number of anilines is 1. The molecular weight excluding hydrogens is 238 g/mol. The fourth-order valence-electron chi connectivity index (χ4n) is 2.08. The molecule has 0 bridgehead atoms. The summed E-state index contributed by atoms with van der Waals surface area (Å²) < 4.78 is 5.39. The largest absolute Gasteiger partial charge is 0.380 e. The number of benzene rings is 1. The Morgan fingerprint density at radius 2 is 2.11 bits per heavy atom. The Labute approximate surface area is 114 Å². The summed E-state index contributed by atoms with van der Waals surface area (Å²) in [4.78, 5) is 6.82. The van der Waals surface area contributed by atoms with Crippen LogP contribution in [0.3, 0.4) is 0 Å². The van der Waals surface area contributed by atoms with Gasteiger partial charge in [0.05, 0.1) is 12.1 Å². The smallest absolute Gasteiger partial charge is 0.133 e. The van der Waals surface area contributed by atoms with Crippen molar-refractivity contribution < 1.29 is 4.74 Å². The number of nitrogens with zero attached hydrogens (tertiary/aromatic N) is 2. The van der Waals surface area contributed by atoms with Gasteiger partial charge in [-0.25, -0.2) is 4.98 Å². The Morgan fingerprint density at radius 1 is 1.32 bits per heavy atom. The Balaban J connectivity index is 2.29. The van der Waals surface area contributed by atoms with Gasteiger partial charge in [0, 0.05) is 37.7 Å². The molecule has 1 aromatic heterocycles. The zero-order valence-corrected chi connectivity index (χ0v) is 11.6. The van der Waals surface area contributed by atoms with Crippen molar-refractivity contribution in [2.75, 3.05) is 31.7 Å². The summed E-state index contributed by atoms with van der Waals surface area (Å²) >= 11 is 0. The molecule has 2 aromatic rings. The van der Waals surface area contributed by atoms with Crippen LogP contribution in [0.25, 0.3) is 10.9 Å². The van der Waals surface area contributed by atoms with Crippen LogP contribution in [0.15, 0.2) is 30.3 Å². The fraction of sp³-hybridized carbons (Fsp3) is 0.400. The highest BCUT2D eigenvalue weighted by molar-refractivity contribution is 5.81. The molecule has 1 heterocycles. The number of para-hydroxylation sites is 1. The van der Waals surface area contributed by atoms with Gasteiger partial charge in [0.25, 0.3) is 0 Å². The van der Waals surface area contributed by atoms with Gasteiger partial charge in [-0.1, -0.05) is 18.2 Å². The van der Waals surface area contributed by atoms with E-state index in [1.165, 1.54) is 0 Å². The summed E-state index contributed by atoms with van der Waals surface area (Å²) in [6, 6.07) is 10.2. The summed E-state index contributed by atoms with van der Waals surface area (Å²) in [5.41, 5.74) is 7.90. The van der Waals surface area contributed by atoms with Crippen molar-refractivity contribution in [1.82, 2.24) is 4.98 Å². The Hall–Kier alpha value is -1.65. The number of pyridine rings is 1. The number of rotatable bonds is 6. The minimum Gasteiger partial charge on any atom is -0.380 e. The third kappa shape index (κ3) is 3.22. The monoisotopic (exact) mass is 259 g/mol. The molecule has 0 radical (unpaired) electrons. The molecule has 0 saturated heterocycles. The number of likely N-dealkylation sites (N-methyl/N-ethyl adjacent to an activating group) is 1. The first-order valence-corrected chi connectivity index (χ1v) is 6.64. The molecule has 0 atom stereocenters. The maximum absolute atomic E-state index is 5.84. The number of fused-ring (bicyclic) bond motifs is 1. The van der Waals surface area contributed by atoms with Gasteiger partial charge in [0.1, 0.15) is 5.82 Å². The van der Waals surface area contributed by atoms with Crippen molar-refractivity contribution in [2.24, 2.45) is 5.73 Å². The number of nitrogens with two attached hydrogens (primary N) is 1. The molecule has 0 aliphatic carbocycles. The lowest BCUT2D eigenvalue weighted by atomic mass is 10.1. The van der Waals surface area contributed by atoms with E-state index in [1.807, 2.05) is 32.2 Å². The topological polar surface area (TPSA) is 51.4 Å². The minimum absolute atomic E-state index is 0.492. The van der Waals surface area contributed by atoms with E-state index in [0.29, 0.717) is 13.2 Å². The SMILES string of the molecule is CCOCCN(C)c1nc2ccccc2cc1CN. The summed E-state index contributed by atoms with van der Waals surface area (Å²) in [6.07, 6.45) is 0. The summed E-state index contributed by atoms with van der Waals surface area (Å²) in [5, 5.41) is 1.13. The Bertz CT molecular complexity index is 542. The van der Waals surface area contributed by atoms with Crippen molar-refractivity contribution in [1.29, 1.82) is 0 Å². The zero-order valence-electron chi connectivity index (χ0n) is 11.6. The molecule has 0 aliphatic heterocycles. The third-order valence-electron chi connectivity index (χ3n) is 3.14. The lowest BCUT2D eigenvalue weighted by Crippen LogP contribution is -2.25. The molecule has 0 spiro atoms. The molecular formula is C15H21N3O. The standard InChI is InChI=1S/C15H21N3O/c1-3-19-9-8-18(2)15-13(11-16)10-12-6-4-5-7-14(12)17-15/h4-7,10H,3,8-9,11,16H2,1-2H3. The molecule has 4 heteroatoms. The van der Waals surface area contributed by atoms with Gasteiger partial charge in [-0.2, -0.15) is 0 Å². The van der Waals surface area contributed by atoms with Gasteiger partial charge in [0.2, 0.25) is 0 Å². The molecule has 0 unspecified atom stereocenters. The summed E-state index contributed by atoms with van der Waals surface area (Å²) in [6.45, 7) is 4.74. The average Bonchev–Trinajstić information content (AvgIpc) is 2.46. The van der Waals surface area contributed by atoms with Crippen LogP contribution in [-0.2, 0) is 11.3 Å². The van der Waals surface area contributed by atoms with Crippen LogP contribution >= 0.6 is 0 Å². The van der Waals surface area contributed by atoms with Gasteiger partial charge >= 0.3 is 0 Å². The Morgan fingerprint density at radius 3 is 2.84 bits per heavy atom. The van der Waals surface area contributed by atoms with Gasteiger partial charge in [-0.3, -0.25) is 0 Å². The third-order valence-corrected chi connectivity index (χ3v) is 3.14. The summed E-state index contributed by atoms with van der Waals surface area (Å²) in [5.74, 6) is 0.945. The first-order chi connectivity index (χ1) is 9.26. The Kier molecular flexibility index (Phi) is 4.71. The first kappa shape index (κ1) is 13.8. The van der Waals surface area contributed by atoms with E-state index in [4.69, 9.17) is 15.5 Å². The molecule has 0 fully saturated rings. The number of hydrogen-bond donors (Lipinski definition) is 1. The molecule has 0 saturated carbocycles. The minimum atomic E-state index is 0.492. The van der Waals surface area contributed by atoms with E-state index in [0.717, 1.165) is 35.4 Å². The fourth-order valence-corrected chi connectivity index (χ4v) is 2.08. The van der Waals surface area contributed by atoms with Gasteiger partial charge in [-0.15, -0.1) is 0 Å². The van der Waals surface area contributed by atoms with Crippen LogP contribution in [0.2, 0.25) is 0 Å². The summed E-state index contributed by atoms with van der Waals surface area (Å²) in [7, 11) is 2.02. The second-order valence-electron chi connectivity index (χ2n) is 4.49. The molecule has 0 aliphatic rings. The number of aromatic nitrogens is 1. The van der Waals surface area contributed by atoms with Crippen molar-refractivity contribution in [3.8, 4) is 0 Å². The van der Waals surface area contributed by atoms with Crippen LogP contribution in [0.4, 0.5) is 5.82 Å². The lowest BCUT2D eigenvalue weighted by Gasteiger charge is -2.21. The van der Waals surface area contributed by atoms with Crippen LogP contribution in [0.5, 0.6) is 0 Å². The maximum atomic E-state index is 5.84. The number of hydrogen-bond acceptors (Lipinski definition) is 4. The maximum Gasteiger partial charge on any atom is 0.133 e. The molecule has 1 aromatic carbocycles. The van der Waals surface area contributed by atoms with Gasteiger partial charge in [-0.05, 0) is 19.1 Å². The highest BCUT2D eigenvalue weighted by atomic mass is 16.5. The van der Waals surface area contributed by atoms with E-state index >= 15 is 0 Å². The second kappa shape index (κ2) is 6.50. The lowest BCUT2D eigenvalue weighted by molar-refractivity contribution is 0.154. The second-order valence-corrected chi connectivity index (χ2v) is 4.49. The number of ether oxygens (including phenoxy) is 1. The van der Waals surface area contributed by atoms with Crippen LogP contribution in [0.1, 0.15) is 12.5 Å². The zero-order chi connectivity index (χ0) is 13.7. The highest BCUT2D eigenvalue weighted by Gasteiger charge is 2.10. The molecule has 4 nitrogen and oxygen atoms in total. The molecule has 0 amide bonds. The van der Waals surface area contributed by atoms with E-state index in [9.17, 15) is 0 Å². The van der Waals surface area contributed by atoms with Crippen molar-refractivity contribution in [2.45, 2.75) is 13.5 Å². The van der Waals surface area contributed by atoms with E-state index in [1.54, 1.807) is 0 Å². The van der Waals surface area contributed by atoms with Crippen LogP contribution in [-0.4, -0.2) is 31.8 Å². The average molecular weight is 259 g/mol.